The third kappa shape index (κ3) is 3.39. The van der Waals surface area contributed by atoms with Crippen LogP contribution in [-0.2, 0) is 28.5 Å². The molecular formula is C16H27NO6. The Bertz CT molecular complexity index is 465. The van der Waals surface area contributed by atoms with E-state index in [4.69, 9.17) is 23.7 Å². The third-order valence-electron chi connectivity index (χ3n) is 4.24. The van der Waals surface area contributed by atoms with Gasteiger partial charge in [0.15, 0.2) is 24.0 Å². The largest absolute Gasteiger partial charge is 0.354 e. The Hall–Kier alpha value is -0.730. The van der Waals surface area contributed by atoms with Crippen LogP contribution in [0.25, 0.3) is 0 Å². The van der Waals surface area contributed by atoms with Crippen molar-refractivity contribution >= 4 is 5.91 Å². The quantitative estimate of drug-likeness (QED) is 0.784. The van der Waals surface area contributed by atoms with Gasteiger partial charge in [0.2, 0.25) is 0 Å². The molecule has 7 nitrogen and oxygen atoms in total. The van der Waals surface area contributed by atoms with Gasteiger partial charge >= 0.3 is 0 Å². The number of fused-ring (bicyclic) bond motifs is 3. The predicted octanol–water partition coefficient (Wildman–Crippen LogP) is 1.30. The second kappa shape index (κ2) is 5.97. The number of unbranched alkanes of at least 4 members (excludes halogenated alkanes) is 1. The maximum Gasteiger partial charge on any atom is 0.252 e. The summed E-state index contributed by atoms with van der Waals surface area (Å²) in [6.45, 7) is 9.99. The minimum Gasteiger partial charge on any atom is -0.354 e. The minimum atomic E-state index is -0.786. The van der Waals surface area contributed by atoms with Crippen LogP contribution in [0.1, 0.15) is 47.5 Å². The molecule has 5 atom stereocenters. The lowest BCUT2D eigenvalue weighted by Gasteiger charge is -2.36. The van der Waals surface area contributed by atoms with Crippen molar-refractivity contribution in [3.8, 4) is 0 Å². The first-order valence-electron chi connectivity index (χ1n) is 8.37. The Balaban J connectivity index is 1.77. The minimum absolute atomic E-state index is 0.193. The molecule has 0 aromatic heterocycles. The summed E-state index contributed by atoms with van der Waals surface area (Å²) in [4.78, 5) is 12.5. The SMILES string of the molecule is CCCCNC(=O)[C@@H]1O[C@@H]2OC(C)(C)O[C@@H]2[C@H]2OC(C)(C)O[C@H]21. The molecule has 0 bridgehead atoms. The van der Waals surface area contributed by atoms with Crippen LogP contribution in [0.5, 0.6) is 0 Å². The molecule has 3 saturated heterocycles. The molecule has 0 radical (unpaired) electrons. The van der Waals surface area contributed by atoms with Gasteiger partial charge in [-0.1, -0.05) is 13.3 Å². The molecule has 3 heterocycles. The monoisotopic (exact) mass is 329 g/mol. The van der Waals surface area contributed by atoms with Gasteiger partial charge in [0.05, 0.1) is 0 Å². The van der Waals surface area contributed by atoms with E-state index in [1.165, 1.54) is 0 Å². The number of nitrogens with one attached hydrogen (secondary N) is 1. The molecule has 0 aliphatic carbocycles. The highest BCUT2D eigenvalue weighted by Crippen LogP contribution is 2.44. The summed E-state index contributed by atoms with van der Waals surface area (Å²) in [5.74, 6) is -1.75. The first-order valence-corrected chi connectivity index (χ1v) is 8.37. The summed E-state index contributed by atoms with van der Waals surface area (Å²) >= 11 is 0. The van der Waals surface area contributed by atoms with Gasteiger partial charge in [-0.2, -0.15) is 0 Å². The molecular weight excluding hydrogens is 302 g/mol. The Morgan fingerprint density at radius 2 is 1.57 bits per heavy atom. The van der Waals surface area contributed by atoms with E-state index in [1.54, 1.807) is 0 Å². The fraction of sp³-hybridized carbons (Fsp3) is 0.938. The van der Waals surface area contributed by atoms with Crippen LogP contribution in [0.15, 0.2) is 0 Å². The average Bonchev–Trinajstić information content (AvgIpc) is 2.92. The second-order valence-electron chi connectivity index (χ2n) is 7.23. The molecule has 23 heavy (non-hydrogen) atoms. The van der Waals surface area contributed by atoms with Gasteiger partial charge in [-0.15, -0.1) is 0 Å². The van der Waals surface area contributed by atoms with Crippen LogP contribution < -0.4 is 5.32 Å². The summed E-state index contributed by atoms with van der Waals surface area (Å²) < 4.78 is 29.5. The Morgan fingerprint density at radius 1 is 0.957 bits per heavy atom. The van der Waals surface area contributed by atoms with E-state index < -0.39 is 42.3 Å². The fourth-order valence-corrected chi connectivity index (χ4v) is 3.31. The normalized spacial score (nSPS) is 40.5. The molecule has 3 fully saturated rings. The summed E-state index contributed by atoms with van der Waals surface area (Å²) in [6, 6.07) is 0. The van der Waals surface area contributed by atoms with Crippen LogP contribution in [0, 0.1) is 0 Å². The lowest BCUT2D eigenvalue weighted by atomic mass is 9.98. The van der Waals surface area contributed by atoms with Crippen molar-refractivity contribution in [3.05, 3.63) is 0 Å². The molecule has 3 rings (SSSR count). The summed E-state index contributed by atoms with van der Waals surface area (Å²) in [5.41, 5.74) is 0. The Morgan fingerprint density at radius 3 is 2.26 bits per heavy atom. The number of ether oxygens (including phenoxy) is 5. The summed E-state index contributed by atoms with van der Waals surface area (Å²) in [7, 11) is 0. The zero-order chi connectivity index (χ0) is 16.8. The standard InChI is InChI=1S/C16H27NO6/c1-6-7-8-17-13(18)11-9-10(21-15(2,3)20-9)12-14(19-11)23-16(4,5)22-12/h9-12,14H,6-8H2,1-5H3,(H,17,18)/t9-,10+,11-,12-,14-/m1/s1. The number of amides is 1. The molecule has 0 unspecified atom stereocenters. The first kappa shape index (κ1) is 17.1. The molecule has 1 amide bonds. The van der Waals surface area contributed by atoms with Gasteiger partial charge < -0.3 is 29.0 Å². The zero-order valence-corrected chi connectivity index (χ0v) is 14.5. The van der Waals surface area contributed by atoms with Gasteiger partial charge in [-0.3, -0.25) is 4.79 Å². The van der Waals surface area contributed by atoms with E-state index >= 15 is 0 Å². The van der Waals surface area contributed by atoms with Crippen molar-refractivity contribution < 1.29 is 28.5 Å². The molecule has 0 aromatic carbocycles. The number of hydrogen-bond acceptors (Lipinski definition) is 6. The van der Waals surface area contributed by atoms with Crippen molar-refractivity contribution in [2.45, 2.75) is 89.7 Å². The van der Waals surface area contributed by atoms with E-state index in [1.807, 2.05) is 27.7 Å². The van der Waals surface area contributed by atoms with Crippen LogP contribution in [0.2, 0.25) is 0 Å². The summed E-state index contributed by atoms with van der Waals surface area (Å²) in [6.07, 6.45) is -0.772. The van der Waals surface area contributed by atoms with Crippen molar-refractivity contribution in [1.29, 1.82) is 0 Å². The van der Waals surface area contributed by atoms with Gasteiger partial charge in [0.25, 0.3) is 5.91 Å². The van der Waals surface area contributed by atoms with Crippen LogP contribution >= 0.6 is 0 Å². The van der Waals surface area contributed by atoms with E-state index in [0.29, 0.717) is 6.54 Å². The zero-order valence-electron chi connectivity index (χ0n) is 14.5. The highest BCUT2D eigenvalue weighted by molar-refractivity contribution is 5.81. The van der Waals surface area contributed by atoms with E-state index in [-0.39, 0.29) is 5.91 Å². The average molecular weight is 329 g/mol. The maximum absolute atomic E-state index is 12.5. The molecule has 3 aliphatic rings. The molecule has 1 N–H and O–H groups in total. The third-order valence-corrected chi connectivity index (χ3v) is 4.24. The van der Waals surface area contributed by atoms with E-state index in [0.717, 1.165) is 12.8 Å². The van der Waals surface area contributed by atoms with Crippen molar-refractivity contribution in [1.82, 2.24) is 5.32 Å². The van der Waals surface area contributed by atoms with Gasteiger partial charge in [0, 0.05) is 6.54 Å². The number of carbonyl (C=O) groups excluding carboxylic acids is 1. The Labute approximate surface area is 136 Å². The van der Waals surface area contributed by atoms with Crippen molar-refractivity contribution in [2.75, 3.05) is 6.54 Å². The molecule has 0 aromatic rings. The van der Waals surface area contributed by atoms with Gasteiger partial charge in [-0.05, 0) is 34.1 Å². The topological polar surface area (TPSA) is 75.3 Å². The number of carbonyl (C=O) groups is 1. The van der Waals surface area contributed by atoms with Crippen molar-refractivity contribution in [3.63, 3.8) is 0 Å². The maximum atomic E-state index is 12.5. The lowest BCUT2D eigenvalue weighted by molar-refractivity contribution is -0.231. The van der Waals surface area contributed by atoms with E-state index in [2.05, 4.69) is 12.2 Å². The van der Waals surface area contributed by atoms with Crippen molar-refractivity contribution in [2.24, 2.45) is 0 Å². The number of hydrogen-bond donors (Lipinski definition) is 1. The van der Waals surface area contributed by atoms with Crippen LogP contribution in [0.4, 0.5) is 0 Å². The van der Waals surface area contributed by atoms with Gasteiger partial charge in [-0.25, -0.2) is 0 Å². The Kier molecular flexibility index (Phi) is 4.44. The molecule has 0 spiro atoms. The smallest absolute Gasteiger partial charge is 0.252 e. The lowest BCUT2D eigenvalue weighted by Crippen LogP contribution is -2.59. The first-order chi connectivity index (χ1) is 10.7. The molecule has 7 heteroatoms. The fourth-order valence-electron chi connectivity index (χ4n) is 3.31. The molecule has 132 valence electrons. The highest BCUT2D eigenvalue weighted by atomic mass is 16.9. The number of rotatable bonds is 4. The van der Waals surface area contributed by atoms with E-state index in [9.17, 15) is 4.79 Å². The van der Waals surface area contributed by atoms with Crippen LogP contribution in [-0.4, -0.2) is 54.7 Å². The van der Waals surface area contributed by atoms with Crippen LogP contribution in [0.3, 0.4) is 0 Å². The molecule has 0 saturated carbocycles. The summed E-state index contributed by atoms with van der Waals surface area (Å²) in [5, 5.41) is 2.90. The molecule has 3 aliphatic heterocycles. The predicted molar refractivity (Wildman–Crippen MR) is 80.4 cm³/mol. The second-order valence-corrected chi connectivity index (χ2v) is 7.23. The highest BCUT2D eigenvalue weighted by Gasteiger charge is 2.62. The van der Waals surface area contributed by atoms with Gasteiger partial charge in [0.1, 0.15) is 18.3 Å².